The molecule has 2 N–H and O–H groups in total. The van der Waals surface area contributed by atoms with Crippen LogP contribution in [-0.2, 0) is 0 Å². The SMILES string of the molecule is O[N+]1(O)C=NCC1. The molecular weight excluding hydrogens is 96.0 g/mol. The van der Waals surface area contributed by atoms with E-state index in [-0.39, 0.29) is 6.54 Å². The Labute approximate surface area is 40.8 Å². The van der Waals surface area contributed by atoms with Crippen LogP contribution in [0.2, 0.25) is 0 Å². The van der Waals surface area contributed by atoms with E-state index in [1.165, 1.54) is 0 Å². The van der Waals surface area contributed by atoms with E-state index in [1.807, 2.05) is 0 Å². The summed E-state index contributed by atoms with van der Waals surface area (Å²) in [5, 5.41) is 17.1. The second kappa shape index (κ2) is 1.26. The first-order valence-electron chi connectivity index (χ1n) is 2.05. The van der Waals surface area contributed by atoms with Gasteiger partial charge in [-0.15, -0.1) is 0 Å². The number of quaternary nitrogens is 1. The molecule has 0 atom stereocenters. The number of hydroxylamine groups is 4. The fraction of sp³-hybridized carbons (Fsp3) is 0.667. The molecule has 0 amide bonds. The van der Waals surface area contributed by atoms with Gasteiger partial charge in [0.25, 0.3) is 6.34 Å². The van der Waals surface area contributed by atoms with Gasteiger partial charge in [0.2, 0.25) is 0 Å². The van der Waals surface area contributed by atoms with Crippen LogP contribution < -0.4 is 0 Å². The van der Waals surface area contributed by atoms with Gasteiger partial charge in [-0.1, -0.05) is 0 Å². The van der Waals surface area contributed by atoms with E-state index in [9.17, 15) is 0 Å². The van der Waals surface area contributed by atoms with Crippen LogP contribution >= 0.6 is 0 Å². The van der Waals surface area contributed by atoms with Crippen molar-refractivity contribution in [3.8, 4) is 0 Å². The molecule has 40 valence electrons. The maximum atomic E-state index is 8.54. The van der Waals surface area contributed by atoms with E-state index in [0.29, 0.717) is 6.54 Å². The number of rotatable bonds is 0. The van der Waals surface area contributed by atoms with Crippen molar-refractivity contribution in [2.24, 2.45) is 4.99 Å². The molecule has 0 radical (unpaired) electrons. The average Bonchev–Trinajstić information content (AvgIpc) is 1.84. The van der Waals surface area contributed by atoms with Gasteiger partial charge in [0.15, 0.2) is 6.54 Å². The molecule has 1 rings (SSSR count). The summed E-state index contributed by atoms with van der Waals surface area (Å²) in [6, 6.07) is 0. The molecule has 7 heavy (non-hydrogen) atoms. The third-order valence-electron chi connectivity index (χ3n) is 0.825. The Hall–Kier alpha value is -0.450. The van der Waals surface area contributed by atoms with E-state index in [0.717, 1.165) is 6.34 Å². The Balaban J connectivity index is 2.57. The molecule has 0 aromatic heterocycles. The van der Waals surface area contributed by atoms with Crippen molar-refractivity contribution in [1.82, 2.24) is 0 Å². The van der Waals surface area contributed by atoms with Crippen LogP contribution in [0.5, 0.6) is 0 Å². The summed E-state index contributed by atoms with van der Waals surface area (Å²) in [6.07, 6.45) is 1.10. The van der Waals surface area contributed by atoms with Crippen molar-refractivity contribution in [2.75, 3.05) is 13.1 Å². The molecule has 0 bridgehead atoms. The van der Waals surface area contributed by atoms with Crippen molar-refractivity contribution in [1.29, 1.82) is 0 Å². The van der Waals surface area contributed by atoms with E-state index < -0.39 is 4.81 Å². The summed E-state index contributed by atoms with van der Waals surface area (Å²) in [4.78, 5) is 2.54. The summed E-state index contributed by atoms with van der Waals surface area (Å²) in [7, 11) is 0. The summed E-state index contributed by atoms with van der Waals surface area (Å²) in [5.74, 6) is 0. The molecule has 0 saturated heterocycles. The van der Waals surface area contributed by atoms with Crippen molar-refractivity contribution in [3.63, 3.8) is 0 Å². The molecule has 0 saturated carbocycles. The van der Waals surface area contributed by atoms with Gasteiger partial charge in [0.1, 0.15) is 6.54 Å². The molecule has 0 unspecified atom stereocenters. The summed E-state index contributed by atoms with van der Waals surface area (Å²) in [5.41, 5.74) is 0. The largest absolute Gasteiger partial charge is 0.252 e. The standard InChI is InChI=1S/C3H7N2O2/c6-5(7)2-1-4-3-5/h3,6-7H,1-2H2/q+1. The smallest absolute Gasteiger partial charge is 0.230 e. The van der Waals surface area contributed by atoms with Crippen LogP contribution in [0.4, 0.5) is 0 Å². The molecule has 1 aliphatic heterocycles. The second-order valence-corrected chi connectivity index (χ2v) is 1.53. The lowest BCUT2D eigenvalue weighted by molar-refractivity contribution is -1.17. The Bertz CT molecular complexity index is 99.1. The van der Waals surface area contributed by atoms with Crippen LogP contribution in [0.25, 0.3) is 0 Å². The molecule has 0 aliphatic carbocycles. The lowest BCUT2D eigenvalue weighted by atomic mass is 10.7. The minimum atomic E-state index is -1.04. The summed E-state index contributed by atoms with van der Waals surface area (Å²) >= 11 is 0. The van der Waals surface area contributed by atoms with Gasteiger partial charge in [0, 0.05) is 0 Å². The summed E-state index contributed by atoms with van der Waals surface area (Å²) < 4.78 is 0. The molecule has 4 heteroatoms. The van der Waals surface area contributed by atoms with Crippen molar-refractivity contribution in [3.05, 3.63) is 0 Å². The van der Waals surface area contributed by atoms with Crippen LogP contribution in [0, 0.1) is 0 Å². The van der Waals surface area contributed by atoms with Gasteiger partial charge in [-0.2, -0.15) is 10.4 Å². The Morgan fingerprint density at radius 1 is 1.57 bits per heavy atom. The van der Waals surface area contributed by atoms with E-state index in [4.69, 9.17) is 10.4 Å². The minimum Gasteiger partial charge on any atom is -0.230 e. The van der Waals surface area contributed by atoms with Gasteiger partial charge in [0.05, 0.1) is 0 Å². The van der Waals surface area contributed by atoms with Gasteiger partial charge in [-0.25, -0.2) is 4.99 Å². The zero-order chi connectivity index (χ0) is 5.33. The van der Waals surface area contributed by atoms with Gasteiger partial charge < -0.3 is 0 Å². The molecule has 0 aromatic rings. The van der Waals surface area contributed by atoms with Gasteiger partial charge >= 0.3 is 0 Å². The zero-order valence-corrected chi connectivity index (χ0v) is 3.78. The Morgan fingerprint density at radius 3 is 2.43 bits per heavy atom. The highest BCUT2D eigenvalue weighted by molar-refractivity contribution is 5.45. The maximum Gasteiger partial charge on any atom is 0.252 e. The van der Waals surface area contributed by atoms with E-state index >= 15 is 0 Å². The van der Waals surface area contributed by atoms with Gasteiger partial charge in [-0.05, 0) is 4.81 Å². The first kappa shape index (κ1) is 4.70. The predicted octanol–water partition coefficient (Wildman–Crippen LogP) is -0.377. The lowest BCUT2D eigenvalue weighted by Gasteiger charge is -2.06. The van der Waals surface area contributed by atoms with Gasteiger partial charge in [-0.3, -0.25) is 0 Å². The monoisotopic (exact) mass is 103 g/mol. The maximum absolute atomic E-state index is 8.54. The van der Waals surface area contributed by atoms with Crippen molar-refractivity contribution in [2.45, 2.75) is 0 Å². The normalized spacial score (nSPS) is 26.0. The number of aliphatic imine (C=N–C) groups is 1. The second-order valence-electron chi connectivity index (χ2n) is 1.53. The fourth-order valence-electron chi connectivity index (χ4n) is 0.451. The quantitative estimate of drug-likeness (QED) is 0.411. The van der Waals surface area contributed by atoms with Crippen molar-refractivity contribution >= 4 is 6.34 Å². The highest BCUT2D eigenvalue weighted by Crippen LogP contribution is 1.96. The van der Waals surface area contributed by atoms with Crippen LogP contribution in [0.1, 0.15) is 0 Å². The minimum absolute atomic E-state index is 0.278. The number of nitrogens with zero attached hydrogens (tertiary/aromatic N) is 2. The van der Waals surface area contributed by atoms with E-state index in [1.54, 1.807) is 0 Å². The predicted molar refractivity (Wildman–Crippen MR) is 22.1 cm³/mol. The fourth-order valence-corrected chi connectivity index (χ4v) is 0.451. The van der Waals surface area contributed by atoms with Crippen molar-refractivity contribution < 1.29 is 15.2 Å². The third-order valence-corrected chi connectivity index (χ3v) is 0.825. The van der Waals surface area contributed by atoms with Crippen LogP contribution in [-0.4, -0.2) is 34.7 Å². The highest BCUT2D eigenvalue weighted by Gasteiger charge is 2.23. The number of hydrogen-bond donors (Lipinski definition) is 2. The molecule has 0 fully saturated rings. The zero-order valence-electron chi connectivity index (χ0n) is 3.78. The molecule has 0 aromatic carbocycles. The van der Waals surface area contributed by atoms with E-state index in [2.05, 4.69) is 4.99 Å². The number of hydrogen-bond acceptors (Lipinski definition) is 3. The molecule has 4 nitrogen and oxygen atoms in total. The molecular formula is C3H7N2O2+. The molecule has 1 heterocycles. The third kappa shape index (κ3) is 0.957. The van der Waals surface area contributed by atoms with Crippen LogP contribution in [0.15, 0.2) is 4.99 Å². The van der Waals surface area contributed by atoms with Crippen LogP contribution in [0.3, 0.4) is 0 Å². The highest BCUT2D eigenvalue weighted by atomic mass is 16.8. The average molecular weight is 103 g/mol. The molecule has 0 spiro atoms. The topological polar surface area (TPSA) is 52.8 Å². The Kier molecular flexibility index (Phi) is 0.846. The Morgan fingerprint density at radius 2 is 2.29 bits per heavy atom. The first-order valence-corrected chi connectivity index (χ1v) is 2.05. The first-order chi connectivity index (χ1) is 3.21. The molecule has 1 aliphatic rings. The summed E-state index contributed by atoms with van der Waals surface area (Å²) in [6.45, 7) is 0.785. The lowest BCUT2D eigenvalue weighted by Crippen LogP contribution is -2.37.